The molecule has 0 fully saturated rings. The molecule has 0 aliphatic heterocycles. The third kappa shape index (κ3) is 4.62. The number of halogens is 1. The second kappa shape index (κ2) is 8.05. The van der Waals surface area contributed by atoms with Gasteiger partial charge >= 0.3 is 0 Å². The average Bonchev–Trinajstić information content (AvgIpc) is 2.55. The van der Waals surface area contributed by atoms with Gasteiger partial charge in [-0.05, 0) is 29.8 Å². The number of hydrogen-bond acceptors (Lipinski definition) is 3. The van der Waals surface area contributed by atoms with E-state index in [1.165, 1.54) is 54.3 Å². The lowest BCUT2D eigenvalue weighted by atomic mass is 10.1. The lowest BCUT2D eigenvalue weighted by molar-refractivity contribution is -0.116. The van der Waals surface area contributed by atoms with E-state index in [9.17, 15) is 14.0 Å². The topological polar surface area (TPSA) is 60.3 Å². The normalized spacial score (nSPS) is 11.3. The van der Waals surface area contributed by atoms with E-state index >= 15 is 0 Å². The maximum absolute atomic E-state index is 13.0. The average molecular weight is 316 g/mol. The van der Waals surface area contributed by atoms with Crippen molar-refractivity contribution < 1.29 is 13.9 Å². The first kappa shape index (κ1) is 16.6. The molecule has 120 valence electrons. The first-order chi connectivity index (χ1) is 11.1. The van der Waals surface area contributed by atoms with Gasteiger partial charge in [-0.25, -0.2) is 4.39 Å². The van der Waals surface area contributed by atoms with Crippen LogP contribution in [0.1, 0.15) is 5.56 Å². The molecule has 2 aromatic rings. The van der Waals surface area contributed by atoms with Crippen LogP contribution in [0, 0.1) is 5.82 Å². The molecule has 0 radical (unpaired) electrons. The maximum Gasteiger partial charge on any atom is 0.268 e. The summed E-state index contributed by atoms with van der Waals surface area (Å²) in [6.07, 6.45) is 3.04. The van der Waals surface area contributed by atoms with E-state index in [1.807, 2.05) is 0 Å². The van der Waals surface area contributed by atoms with Crippen molar-refractivity contribution >= 4 is 17.7 Å². The van der Waals surface area contributed by atoms with Crippen molar-refractivity contribution in [2.45, 2.75) is 0 Å². The van der Waals surface area contributed by atoms with E-state index in [4.69, 9.17) is 4.74 Å². The summed E-state index contributed by atoms with van der Waals surface area (Å²) in [6.45, 7) is 0.678. The molecule has 2 rings (SSSR count). The highest BCUT2D eigenvalue weighted by atomic mass is 19.1. The number of hydrogen-bond donors (Lipinski definition) is 1. The molecule has 5 nitrogen and oxygen atoms in total. The number of benzene rings is 1. The molecule has 0 unspecified atom stereocenters. The molecule has 0 saturated heterocycles. The van der Waals surface area contributed by atoms with Gasteiger partial charge < -0.3 is 10.1 Å². The van der Waals surface area contributed by atoms with Crippen molar-refractivity contribution in [1.82, 2.24) is 9.88 Å². The smallest absolute Gasteiger partial charge is 0.268 e. The van der Waals surface area contributed by atoms with Gasteiger partial charge in [0.05, 0.1) is 6.61 Å². The third-order valence-electron chi connectivity index (χ3n) is 3.08. The van der Waals surface area contributed by atoms with Crippen LogP contribution in [0.3, 0.4) is 0 Å². The van der Waals surface area contributed by atoms with Gasteiger partial charge in [-0.1, -0.05) is 18.2 Å². The zero-order valence-electron chi connectivity index (χ0n) is 12.7. The molecule has 0 saturated carbocycles. The Balaban J connectivity index is 2.39. The maximum atomic E-state index is 13.0. The Kier molecular flexibility index (Phi) is 5.82. The summed E-state index contributed by atoms with van der Waals surface area (Å²) in [5, 5.41) is 2.67. The van der Waals surface area contributed by atoms with Crippen LogP contribution in [0.2, 0.25) is 0 Å². The number of rotatable bonds is 6. The number of carbonyl (C=O) groups excluding carboxylic acids is 1. The quantitative estimate of drug-likeness (QED) is 0.652. The van der Waals surface area contributed by atoms with Crippen LogP contribution in [0.15, 0.2) is 53.5 Å². The molecule has 0 aliphatic rings. The van der Waals surface area contributed by atoms with Gasteiger partial charge in [-0.2, -0.15) is 0 Å². The van der Waals surface area contributed by atoms with Gasteiger partial charge in [0.1, 0.15) is 11.5 Å². The van der Waals surface area contributed by atoms with Crippen molar-refractivity contribution in [3.05, 3.63) is 70.4 Å². The summed E-state index contributed by atoms with van der Waals surface area (Å²) < 4.78 is 19.1. The molecule has 0 aliphatic carbocycles. The van der Waals surface area contributed by atoms with Crippen molar-refractivity contribution in [3.63, 3.8) is 0 Å². The number of nitrogens with zero attached hydrogens (tertiary/aromatic N) is 1. The molecule has 0 bridgehead atoms. The SMILES string of the molecule is COCCNC(=O)/C(=C\c1ccc(F)cc1)n1ccccc1=O. The predicted octanol–water partition coefficient (Wildman–Crippen LogP) is 1.75. The zero-order valence-corrected chi connectivity index (χ0v) is 12.7. The Labute approximate surface area is 133 Å². The molecule has 1 amide bonds. The van der Waals surface area contributed by atoms with Gasteiger partial charge in [-0.3, -0.25) is 14.2 Å². The van der Waals surface area contributed by atoms with Crippen LogP contribution in [-0.4, -0.2) is 30.7 Å². The van der Waals surface area contributed by atoms with E-state index in [1.54, 1.807) is 12.1 Å². The minimum absolute atomic E-state index is 0.151. The lowest BCUT2D eigenvalue weighted by Crippen LogP contribution is -2.32. The molecule has 23 heavy (non-hydrogen) atoms. The fourth-order valence-electron chi connectivity index (χ4n) is 1.94. The minimum Gasteiger partial charge on any atom is -0.383 e. The first-order valence-electron chi connectivity index (χ1n) is 7.04. The second-order valence-corrected chi connectivity index (χ2v) is 4.74. The Morgan fingerprint density at radius 2 is 2.00 bits per heavy atom. The highest BCUT2D eigenvalue weighted by Gasteiger charge is 2.12. The number of carbonyl (C=O) groups is 1. The molecule has 0 atom stereocenters. The first-order valence-corrected chi connectivity index (χ1v) is 7.04. The Hall–Kier alpha value is -2.73. The predicted molar refractivity (Wildman–Crippen MR) is 86.2 cm³/mol. The van der Waals surface area contributed by atoms with Crippen LogP contribution in [0.25, 0.3) is 11.8 Å². The fourth-order valence-corrected chi connectivity index (χ4v) is 1.94. The highest BCUT2D eigenvalue weighted by Crippen LogP contribution is 2.11. The van der Waals surface area contributed by atoms with E-state index < -0.39 is 5.91 Å². The molecule has 6 heteroatoms. The Bertz CT molecular complexity index is 751. The minimum atomic E-state index is -0.417. The third-order valence-corrected chi connectivity index (χ3v) is 3.08. The number of methoxy groups -OCH3 is 1. The van der Waals surface area contributed by atoms with E-state index in [2.05, 4.69) is 5.32 Å². The molecule has 1 N–H and O–H groups in total. The lowest BCUT2D eigenvalue weighted by Gasteiger charge is -2.11. The molecule has 1 aromatic carbocycles. The van der Waals surface area contributed by atoms with Crippen LogP contribution in [0.5, 0.6) is 0 Å². The van der Waals surface area contributed by atoms with Gasteiger partial charge in [-0.15, -0.1) is 0 Å². The Morgan fingerprint density at radius 3 is 2.65 bits per heavy atom. The second-order valence-electron chi connectivity index (χ2n) is 4.74. The van der Waals surface area contributed by atoms with Crippen molar-refractivity contribution in [2.24, 2.45) is 0 Å². The number of pyridine rings is 1. The summed E-state index contributed by atoms with van der Waals surface area (Å²) in [5.41, 5.74) is 0.431. The monoisotopic (exact) mass is 316 g/mol. The van der Waals surface area contributed by atoms with Gasteiger partial charge in [0.15, 0.2) is 0 Å². The molecular formula is C17H17FN2O3. The van der Waals surface area contributed by atoms with E-state index in [-0.39, 0.29) is 17.1 Å². The van der Waals surface area contributed by atoms with Crippen LogP contribution >= 0.6 is 0 Å². The van der Waals surface area contributed by atoms with E-state index in [0.717, 1.165) is 0 Å². The largest absolute Gasteiger partial charge is 0.383 e. The van der Waals surface area contributed by atoms with Gasteiger partial charge in [0.25, 0.3) is 11.5 Å². The summed E-state index contributed by atoms with van der Waals surface area (Å²) in [5.74, 6) is -0.787. The molecular weight excluding hydrogens is 299 g/mol. The standard InChI is InChI=1S/C17H17FN2O3/c1-23-11-9-19-17(22)15(20-10-3-2-4-16(20)21)12-13-5-7-14(18)8-6-13/h2-8,10,12H,9,11H2,1H3,(H,19,22)/b15-12+. The fraction of sp³-hybridized carbons (Fsp3) is 0.176. The molecule has 1 aromatic heterocycles. The zero-order chi connectivity index (χ0) is 16.7. The van der Waals surface area contributed by atoms with E-state index in [0.29, 0.717) is 18.7 Å². The van der Waals surface area contributed by atoms with Crippen LogP contribution in [-0.2, 0) is 9.53 Å². The van der Waals surface area contributed by atoms with Crippen LogP contribution in [0.4, 0.5) is 4.39 Å². The number of ether oxygens (including phenoxy) is 1. The summed E-state index contributed by atoms with van der Waals surface area (Å²) in [7, 11) is 1.53. The van der Waals surface area contributed by atoms with Gasteiger partial charge in [0.2, 0.25) is 0 Å². The van der Waals surface area contributed by atoms with Crippen LogP contribution < -0.4 is 10.9 Å². The van der Waals surface area contributed by atoms with Crippen molar-refractivity contribution in [1.29, 1.82) is 0 Å². The van der Waals surface area contributed by atoms with Gasteiger partial charge in [0, 0.05) is 25.9 Å². The number of aromatic nitrogens is 1. The summed E-state index contributed by atoms with van der Waals surface area (Å²) in [6, 6.07) is 10.3. The van der Waals surface area contributed by atoms with Crippen molar-refractivity contribution in [2.75, 3.05) is 20.3 Å². The Morgan fingerprint density at radius 1 is 1.26 bits per heavy atom. The summed E-state index contributed by atoms with van der Waals surface area (Å²) >= 11 is 0. The molecule has 0 spiro atoms. The number of amides is 1. The number of nitrogens with one attached hydrogen (secondary N) is 1. The molecule has 1 heterocycles. The summed E-state index contributed by atoms with van der Waals surface area (Å²) in [4.78, 5) is 24.4. The highest BCUT2D eigenvalue weighted by molar-refractivity contribution is 6.18. The van der Waals surface area contributed by atoms with Crippen molar-refractivity contribution in [3.8, 4) is 0 Å².